The van der Waals surface area contributed by atoms with Gasteiger partial charge in [0.2, 0.25) is 0 Å². The van der Waals surface area contributed by atoms with Crippen LogP contribution in [0.15, 0.2) is 30.5 Å². The van der Waals surface area contributed by atoms with Crippen molar-refractivity contribution in [2.75, 3.05) is 6.54 Å². The molecule has 1 aromatic heterocycles. The third kappa shape index (κ3) is 3.78. The highest BCUT2D eigenvalue weighted by atomic mass is 35.5. The summed E-state index contributed by atoms with van der Waals surface area (Å²) in [6.07, 6.45) is 1.81. The number of nitrogens with zero attached hydrogens (tertiary/aromatic N) is 2. The lowest BCUT2D eigenvalue weighted by molar-refractivity contribution is 0.546. The zero-order chi connectivity index (χ0) is 13.8. The molecule has 0 saturated carbocycles. The first-order chi connectivity index (χ1) is 9.06. The van der Waals surface area contributed by atoms with Crippen molar-refractivity contribution in [1.82, 2.24) is 15.1 Å². The minimum Gasteiger partial charge on any atom is -0.311 e. The Bertz CT molecular complexity index is 551. The molecular weight excluding hydrogens is 265 g/mol. The molecule has 0 saturated heterocycles. The van der Waals surface area contributed by atoms with Crippen LogP contribution in [-0.4, -0.2) is 16.3 Å². The second-order valence-corrected chi connectivity index (χ2v) is 5.28. The standard InChI is InChI=1S/C14H17ClFN3/c1-10(2)8-17-9-11-5-6-19(18-11)12-3-4-13(15)14(16)7-12/h3-7,10,17H,8-9H2,1-2H3. The summed E-state index contributed by atoms with van der Waals surface area (Å²) >= 11 is 5.66. The van der Waals surface area contributed by atoms with Crippen LogP contribution < -0.4 is 5.32 Å². The Morgan fingerprint density at radius 3 is 2.84 bits per heavy atom. The molecule has 0 fully saturated rings. The number of nitrogens with one attached hydrogen (secondary N) is 1. The van der Waals surface area contributed by atoms with Gasteiger partial charge in [0, 0.05) is 18.8 Å². The van der Waals surface area contributed by atoms with Crippen LogP contribution in [0, 0.1) is 11.7 Å². The van der Waals surface area contributed by atoms with Crippen molar-refractivity contribution < 1.29 is 4.39 Å². The molecule has 0 radical (unpaired) electrons. The molecule has 0 unspecified atom stereocenters. The molecule has 19 heavy (non-hydrogen) atoms. The summed E-state index contributed by atoms with van der Waals surface area (Å²) in [5.74, 6) is 0.168. The quantitative estimate of drug-likeness (QED) is 0.910. The van der Waals surface area contributed by atoms with Gasteiger partial charge in [-0.3, -0.25) is 0 Å². The van der Waals surface area contributed by atoms with E-state index in [0.717, 1.165) is 12.2 Å². The van der Waals surface area contributed by atoms with Gasteiger partial charge >= 0.3 is 0 Å². The molecular formula is C14H17ClFN3. The number of rotatable bonds is 5. The van der Waals surface area contributed by atoms with Crippen molar-refractivity contribution in [1.29, 1.82) is 0 Å². The van der Waals surface area contributed by atoms with E-state index in [1.807, 2.05) is 12.3 Å². The SMILES string of the molecule is CC(C)CNCc1ccn(-c2ccc(Cl)c(F)c2)n1. The lowest BCUT2D eigenvalue weighted by Gasteiger charge is -2.05. The van der Waals surface area contributed by atoms with Gasteiger partial charge in [0.15, 0.2) is 0 Å². The van der Waals surface area contributed by atoms with Gasteiger partial charge in [0.05, 0.1) is 16.4 Å². The summed E-state index contributed by atoms with van der Waals surface area (Å²) in [6.45, 7) is 5.97. The first kappa shape index (κ1) is 14.0. The summed E-state index contributed by atoms with van der Waals surface area (Å²) in [5, 5.41) is 7.83. The lowest BCUT2D eigenvalue weighted by atomic mass is 10.2. The van der Waals surface area contributed by atoms with E-state index in [0.29, 0.717) is 18.2 Å². The van der Waals surface area contributed by atoms with Crippen molar-refractivity contribution in [2.24, 2.45) is 5.92 Å². The fourth-order valence-corrected chi connectivity index (χ4v) is 1.83. The van der Waals surface area contributed by atoms with E-state index in [-0.39, 0.29) is 5.02 Å². The number of aromatic nitrogens is 2. The van der Waals surface area contributed by atoms with Gasteiger partial charge < -0.3 is 5.32 Å². The van der Waals surface area contributed by atoms with E-state index in [2.05, 4.69) is 24.3 Å². The molecule has 0 aliphatic carbocycles. The molecule has 0 atom stereocenters. The van der Waals surface area contributed by atoms with Crippen LogP contribution in [0.3, 0.4) is 0 Å². The molecule has 1 heterocycles. The Hall–Kier alpha value is -1.39. The smallest absolute Gasteiger partial charge is 0.143 e. The topological polar surface area (TPSA) is 29.9 Å². The van der Waals surface area contributed by atoms with Crippen molar-refractivity contribution in [2.45, 2.75) is 20.4 Å². The van der Waals surface area contributed by atoms with Crippen LogP contribution in [0.1, 0.15) is 19.5 Å². The molecule has 1 N–H and O–H groups in total. The number of benzene rings is 1. The van der Waals surface area contributed by atoms with Gasteiger partial charge in [-0.1, -0.05) is 25.4 Å². The minimum absolute atomic E-state index is 0.120. The van der Waals surface area contributed by atoms with E-state index in [1.54, 1.807) is 10.7 Å². The van der Waals surface area contributed by atoms with Crippen LogP contribution >= 0.6 is 11.6 Å². The summed E-state index contributed by atoms with van der Waals surface area (Å²) < 4.78 is 15.0. The highest BCUT2D eigenvalue weighted by Gasteiger charge is 2.05. The fraction of sp³-hybridized carbons (Fsp3) is 0.357. The van der Waals surface area contributed by atoms with Crippen molar-refractivity contribution in [3.63, 3.8) is 0 Å². The molecule has 0 bridgehead atoms. The zero-order valence-electron chi connectivity index (χ0n) is 11.0. The largest absolute Gasteiger partial charge is 0.311 e. The third-order valence-electron chi connectivity index (χ3n) is 2.67. The molecule has 2 aromatic rings. The van der Waals surface area contributed by atoms with Gasteiger partial charge in [0.1, 0.15) is 5.82 Å². The Labute approximate surface area is 117 Å². The van der Waals surface area contributed by atoms with E-state index < -0.39 is 5.82 Å². The molecule has 0 amide bonds. The zero-order valence-corrected chi connectivity index (χ0v) is 11.8. The Kier molecular flexibility index (Phi) is 4.56. The molecule has 3 nitrogen and oxygen atoms in total. The summed E-state index contributed by atoms with van der Waals surface area (Å²) in [5.41, 5.74) is 1.59. The van der Waals surface area contributed by atoms with E-state index in [9.17, 15) is 4.39 Å². The Morgan fingerprint density at radius 2 is 2.16 bits per heavy atom. The maximum absolute atomic E-state index is 13.4. The van der Waals surface area contributed by atoms with Crippen molar-refractivity contribution in [3.05, 3.63) is 47.0 Å². The second kappa shape index (κ2) is 6.17. The molecule has 2 rings (SSSR count). The van der Waals surface area contributed by atoms with Gasteiger partial charge in [-0.25, -0.2) is 9.07 Å². The predicted octanol–water partition coefficient (Wildman–Crippen LogP) is 3.41. The highest BCUT2D eigenvalue weighted by Crippen LogP contribution is 2.17. The Balaban J connectivity index is 2.05. The summed E-state index contributed by atoms with van der Waals surface area (Å²) in [6, 6.07) is 6.56. The van der Waals surface area contributed by atoms with E-state index in [4.69, 9.17) is 11.6 Å². The number of hydrogen-bond donors (Lipinski definition) is 1. The summed E-state index contributed by atoms with van der Waals surface area (Å²) in [7, 11) is 0. The number of halogens is 2. The predicted molar refractivity (Wildman–Crippen MR) is 75.1 cm³/mol. The fourth-order valence-electron chi connectivity index (χ4n) is 1.72. The first-order valence-corrected chi connectivity index (χ1v) is 6.64. The molecule has 0 spiro atoms. The molecule has 0 aliphatic heterocycles. The van der Waals surface area contributed by atoms with Gasteiger partial charge in [-0.05, 0) is 30.7 Å². The average Bonchev–Trinajstić information content (AvgIpc) is 2.81. The van der Waals surface area contributed by atoms with Gasteiger partial charge in [-0.15, -0.1) is 0 Å². The highest BCUT2D eigenvalue weighted by molar-refractivity contribution is 6.30. The van der Waals surface area contributed by atoms with Crippen LogP contribution in [0.5, 0.6) is 0 Å². The van der Waals surface area contributed by atoms with Crippen LogP contribution in [-0.2, 0) is 6.54 Å². The molecule has 0 aliphatic rings. The van der Waals surface area contributed by atoms with Crippen LogP contribution in [0.2, 0.25) is 5.02 Å². The van der Waals surface area contributed by atoms with E-state index >= 15 is 0 Å². The molecule has 1 aromatic carbocycles. The van der Waals surface area contributed by atoms with E-state index in [1.165, 1.54) is 12.1 Å². The monoisotopic (exact) mass is 281 g/mol. The average molecular weight is 282 g/mol. The molecule has 102 valence electrons. The second-order valence-electron chi connectivity index (χ2n) is 4.87. The molecule has 5 heteroatoms. The Morgan fingerprint density at radius 1 is 1.37 bits per heavy atom. The van der Waals surface area contributed by atoms with Crippen molar-refractivity contribution >= 4 is 11.6 Å². The maximum Gasteiger partial charge on any atom is 0.143 e. The summed E-state index contributed by atoms with van der Waals surface area (Å²) in [4.78, 5) is 0. The third-order valence-corrected chi connectivity index (χ3v) is 2.98. The van der Waals surface area contributed by atoms with Crippen LogP contribution in [0.4, 0.5) is 4.39 Å². The van der Waals surface area contributed by atoms with Gasteiger partial charge in [-0.2, -0.15) is 5.10 Å². The first-order valence-electron chi connectivity index (χ1n) is 6.27. The minimum atomic E-state index is -0.436. The van der Waals surface area contributed by atoms with Crippen molar-refractivity contribution in [3.8, 4) is 5.69 Å². The van der Waals surface area contributed by atoms with Gasteiger partial charge in [0.25, 0.3) is 0 Å². The number of hydrogen-bond acceptors (Lipinski definition) is 2. The lowest BCUT2D eigenvalue weighted by Crippen LogP contribution is -2.19. The van der Waals surface area contributed by atoms with Crippen LogP contribution in [0.25, 0.3) is 5.69 Å². The maximum atomic E-state index is 13.4. The normalized spacial score (nSPS) is 11.2.